The summed E-state index contributed by atoms with van der Waals surface area (Å²) in [7, 11) is 2.72. The van der Waals surface area contributed by atoms with E-state index < -0.39 is 43.6 Å². The van der Waals surface area contributed by atoms with Crippen molar-refractivity contribution in [1.82, 2.24) is 9.55 Å². The first-order valence-corrected chi connectivity index (χ1v) is 26.0. The Balaban J connectivity index is 1.17. The quantitative estimate of drug-likeness (QED) is 0.0627. The molecular weight excluding hydrogens is 855 g/mol. The molecule has 3 atom stereocenters. The largest absolute Gasteiger partial charge is 0.497 e. The number of nitrogens with one attached hydrogen (secondary N) is 1. The summed E-state index contributed by atoms with van der Waals surface area (Å²) >= 11 is 0. The summed E-state index contributed by atoms with van der Waals surface area (Å²) in [5, 5.41) is 3.75. The zero-order chi connectivity index (χ0) is 47.0. The number of rotatable bonds is 19. The van der Waals surface area contributed by atoms with Gasteiger partial charge < -0.3 is 33.4 Å². The maximum absolute atomic E-state index is 14.6. The van der Waals surface area contributed by atoms with Crippen LogP contribution < -0.4 is 25.2 Å². The first-order valence-electron chi connectivity index (χ1n) is 22.9. The highest BCUT2D eigenvalue weighted by atomic mass is 28.4. The minimum absolute atomic E-state index is 0.190. The number of anilines is 1. The fourth-order valence-electron chi connectivity index (χ4n) is 9.71. The Morgan fingerprint density at radius 3 is 1.52 bits per heavy atom. The summed E-state index contributed by atoms with van der Waals surface area (Å²) in [6.45, 7) is 9.10. The maximum atomic E-state index is 14.6. The van der Waals surface area contributed by atoms with Crippen LogP contribution in [0.4, 0.5) is 5.82 Å². The molecule has 1 aromatic heterocycles. The molecule has 0 unspecified atom stereocenters. The van der Waals surface area contributed by atoms with E-state index in [9.17, 15) is 4.79 Å². The van der Waals surface area contributed by atoms with Crippen LogP contribution in [0.3, 0.4) is 0 Å². The molecule has 0 amide bonds. The van der Waals surface area contributed by atoms with Gasteiger partial charge in [-0.2, -0.15) is 4.98 Å². The molecule has 67 heavy (non-hydrogen) atoms. The molecule has 0 saturated carbocycles. The summed E-state index contributed by atoms with van der Waals surface area (Å²) in [5.41, 5.74) is 3.22. The van der Waals surface area contributed by atoms with Gasteiger partial charge in [0.05, 0.1) is 40.1 Å². The second-order valence-electron chi connectivity index (χ2n) is 18.1. The normalized spacial score (nSPS) is 16.4. The van der Waals surface area contributed by atoms with E-state index in [2.05, 4.69) is 68.7 Å². The molecule has 346 valence electrons. The Bertz CT molecular complexity index is 2630. The molecule has 1 saturated heterocycles. The van der Waals surface area contributed by atoms with E-state index in [-0.39, 0.29) is 6.61 Å². The smallest absolute Gasteiger partial charge is 0.351 e. The summed E-state index contributed by atoms with van der Waals surface area (Å²) in [4.78, 5) is 19.3. The van der Waals surface area contributed by atoms with Crippen molar-refractivity contribution in [1.29, 1.82) is 0 Å². The third-order valence-electron chi connectivity index (χ3n) is 12.5. The van der Waals surface area contributed by atoms with Gasteiger partial charge in [0, 0.05) is 12.6 Å². The Morgan fingerprint density at radius 1 is 0.642 bits per heavy atom. The van der Waals surface area contributed by atoms with Gasteiger partial charge in [-0.3, -0.25) is 4.57 Å². The lowest BCUT2D eigenvalue weighted by atomic mass is 9.77. The Hall–Kier alpha value is -6.50. The number of hydrogen-bond acceptors (Lipinski definition) is 9. The lowest BCUT2D eigenvalue weighted by molar-refractivity contribution is -0.0862. The van der Waals surface area contributed by atoms with Gasteiger partial charge in [-0.15, -0.1) is 0 Å². The minimum Gasteiger partial charge on any atom is -0.497 e. The molecule has 2 heterocycles. The average molecular weight is 916 g/mol. The third-order valence-corrected chi connectivity index (χ3v) is 15.3. The molecule has 8 rings (SSSR count). The van der Waals surface area contributed by atoms with Crippen LogP contribution in [0.5, 0.6) is 17.2 Å². The highest BCUT2D eigenvalue weighted by Gasteiger charge is 2.45. The van der Waals surface area contributed by atoms with Gasteiger partial charge in [-0.05, 0) is 101 Å². The van der Waals surface area contributed by atoms with E-state index in [1.165, 1.54) is 0 Å². The van der Waals surface area contributed by atoms with E-state index in [0.717, 1.165) is 56.7 Å². The van der Waals surface area contributed by atoms with Gasteiger partial charge in [-0.1, -0.05) is 141 Å². The van der Waals surface area contributed by atoms with Crippen molar-refractivity contribution in [2.45, 2.75) is 69.0 Å². The van der Waals surface area contributed by atoms with Crippen molar-refractivity contribution in [3.63, 3.8) is 0 Å². The highest BCUT2D eigenvalue weighted by Crippen LogP contribution is 2.44. The zero-order valence-electron chi connectivity index (χ0n) is 39.4. The highest BCUT2D eigenvalue weighted by molar-refractivity contribution is 6.71. The Kier molecular flexibility index (Phi) is 14.4. The molecule has 1 aliphatic heterocycles. The molecule has 1 aliphatic rings. The molecule has 7 aromatic rings. The van der Waals surface area contributed by atoms with Gasteiger partial charge in [0.1, 0.15) is 34.2 Å². The van der Waals surface area contributed by atoms with E-state index in [4.69, 9.17) is 33.1 Å². The molecule has 6 aromatic carbocycles. The maximum Gasteiger partial charge on any atom is 0.351 e. The summed E-state index contributed by atoms with van der Waals surface area (Å²) in [5.74, 6) is 3.06. The predicted octanol–water partition coefficient (Wildman–Crippen LogP) is 11.2. The van der Waals surface area contributed by atoms with Crippen molar-refractivity contribution in [3.05, 3.63) is 220 Å². The number of methoxy groups -OCH3 is 3. The number of ether oxygens (including phenoxy) is 5. The summed E-state index contributed by atoms with van der Waals surface area (Å²) in [6.07, 6.45) is 0.639. The van der Waals surface area contributed by atoms with Crippen molar-refractivity contribution in [3.8, 4) is 17.2 Å². The second-order valence-corrected chi connectivity index (χ2v) is 22.2. The van der Waals surface area contributed by atoms with Crippen molar-refractivity contribution in [2.24, 2.45) is 5.92 Å². The fraction of sp³-hybridized carbons (Fsp3) is 0.286. The first kappa shape index (κ1) is 47.0. The molecule has 0 aliphatic carbocycles. The number of hydrogen-bond donors (Lipinski definition) is 1. The first-order chi connectivity index (χ1) is 32.5. The van der Waals surface area contributed by atoms with Crippen molar-refractivity contribution < 1.29 is 28.1 Å². The predicted molar refractivity (Wildman–Crippen MR) is 267 cm³/mol. The molecular formula is C56H61N3O7Si. The van der Waals surface area contributed by atoms with Crippen LogP contribution in [0.1, 0.15) is 59.9 Å². The molecule has 1 N–H and O–H groups in total. The van der Waals surface area contributed by atoms with Crippen LogP contribution in [0.25, 0.3) is 0 Å². The molecule has 11 heteroatoms. The lowest BCUT2D eigenvalue weighted by Crippen LogP contribution is -2.42. The van der Waals surface area contributed by atoms with Gasteiger partial charge in [0.2, 0.25) is 0 Å². The van der Waals surface area contributed by atoms with Crippen molar-refractivity contribution >= 4 is 14.1 Å². The van der Waals surface area contributed by atoms with Crippen LogP contribution in [0.2, 0.25) is 19.1 Å². The second kappa shape index (κ2) is 20.6. The van der Waals surface area contributed by atoms with E-state index in [1.54, 1.807) is 32.1 Å². The Morgan fingerprint density at radius 2 is 1.07 bits per heavy atom. The summed E-state index contributed by atoms with van der Waals surface area (Å²) in [6, 6.07) is 57.3. The molecule has 0 bridgehead atoms. The van der Waals surface area contributed by atoms with Gasteiger partial charge in [0.15, 0.2) is 14.5 Å². The summed E-state index contributed by atoms with van der Waals surface area (Å²) < 4.78 is 39.7. The van der Waals surface area contributed by atoms with Crippen LogP contribution in [-0.2, 0) is 25.0 Å². The van der Waals surface area contributed by atoms with Crippen LogP contribution in [-0.4, -0.2) is 58.0 Å². The van der Waals surface area contributed by atoms with Gasteiger partial charge in [0.25, 0.3) is 0 Å². The van der Waals surface area contributed by atoms with Crippen LogP contribution in [0.15, 0.2) is 181 Å². The SMILES string of the molecule is COc1ccc(C(Nc2ccn([C@@H]3O[C@H](COC(c4ccccc4)(c4ccc(OC)cc4)c4ccc(OC)cc4)C[C@H]3O[Si](C)(C)CC(C)C)c(=O)n2)(c2ccccc2)c2ccccc2)cc1. The number of aromatic nitrogens is 2. The van der Waals surface area contributed by atoms with Crippen LogP contribution >= 0.6 is 0 Å². The van der Waals surface area contributed by atoms with Gasteiger partial charge in [-0.25, -0.2) is 4.79 Å². The number of benzene rings is 6. The van der Waals surface area contributed by atoms with Crippen LogP contribution in [0, 0.1) is 5.92 Å². The van der Waals surface area contributed by atoms with Crippen molar-refractivity contribution in [2.75, 3.05) is 33.3 Å². The van der Waals surface area contributed by atoms with Gasteiger partial charge >= 0.3 is 5.69 Å². The standard InChI is InChI=1S/C56H61N3O7Si/c1-40(2)39-67(6,7)66-51-37-50(38-64-56(44-21-15-10-16-22-44,45-25-31-48(62-4)32-26-45)46-27-33-49(63-5)34-28-46)65-53(51)59-36-35-52(57-54(59)60)58-55(41-17-11-8-12-18-41,42-19-13-9-14-20-42)43-23-29-47(61-3)30-24-43/h8-36,40,50-51,53H,37-39H2,1-7H3,(H,57,58,60)/t50-,51+,53+/m0/s1. The molecule has 0 radical (unpaired) electrons. The fourth-order valence-corrected chi connectivity index (χ4v) is 12.8. The average Bonchev–Trinajstić information content (AvgIpc) is 3.75. The lowest BCUT2D eigenvalue weighted by Gasteiger charge is -2.37. The molecule has 10 nitrogen and oxygen atoms in total. The Labute approximate surface area is 395 Å². The molecule has 1 fully saturated rings. The zero-order valence-corrected chi connectivity index (χ0v) is 40.4. The topological polar surface area (TPSA) is 102 Å². The van der Waals surface area contributed by atoms with E-state index >= 15 is 0 Å². The monoisotopic (exact) mass is 915 g/mol. The minimum atomic E-state index is -2.25. The molecule has 0 spiro atoms. The third kappa shape index (κ3) is 10.1. The number of nitrogens with zero attached hydrogens (tertiary/aromatic N) is 2. The van der Waals surface area contributed by atoms with E-state index in [1.807, 2.05) is 133 Å². The van der Waals surface area contributed by atoms with E-state index in [0.29, 0.717) is 18.2 Å².